The molecule has 3 nitrogen and oxygen atoms in total. The van der Waals surface area contributed by atoms with Crippen molar-refractivity contribution >= 4 is 11.7 Å². The number of aryl methyl sites for hydroxylation is 1. The van der Waals surface area contributed by atoms with Crippen molar-refractivity contribution in [1.82, 2.24) is 0 Å². The first-order valence-corrected chi connectivity index (χ1v) is 6.36. The fraction of sp³-hybridized carbons (Fsp3) is 0.533. The van der Waals surface area contributed by atoms with E-state index < -0.39 is 11.4 Å². The van der Waals surface area contributed by atoms with E-state index in [-0.39, 0.29) is 0 Å². The molecule has 18 heavy (non-hydrogen) atoms. The fourth-order valence-electron chi connectivity index (χ4n) is 2.75. The van der Waals surface area contributed by atoms with Crippen molar-refractivity contribution in [2.24, 2.45) is 5.41 Å². The lowest BCUT2D eigenvalue weighted by Crippen LogP contribution is -2.27. The molecule has 1 aromatic carbocycles. The zero-order chi connectivity index (χ0) is 13.5. The van der Waals surface area contributed by atoms with E-state index >= 15 is 0 Å². The first kappa shape index (κ1) is 12.9. The van der Waals surface area contributed by atoms with Gasteiger partial charge in [-0.1, -0.05) is 17.7 Å². The van der Waals surface area contributed by atoms with Crippen molar-refractivity contribution in [2.45, 2.75) is 33.1 Å². The highest BCUT2D eigenvalue weighted by atomic mass is 16.4. The zero-order valence-electron chi connectivity index (χ0n) is 11.5. The van der Waals surface area contributed by atoms with Gasteiger partial charge in [-0.3, -0.25) is 4.79 Å². The molecule has 1 N–H and O–H groups in total. The number of fused-ring (bicyclic) bond motifs is 1. The Balaban J connectivity index is 2.29. The largest absolute Gasteiger partial charge is 0.481 e. The highest BCUT2D eigenvalue weighted by Crippen LogP contribution is 2.42. The molecular weight excluding hydrogens is 226 g/mol. The minimum atomic E-state index is -0.716. The van der Waals surface area contributed by atoms with Crippen LogP contribution < -0.4 is 4.90 Å². The summed E-state index contributed by atoms with van der Waals surface area (Å²) in [6.07, 6.45) is 0.684. The van der Waals surface area contributed by atoms with Crippen LogP contribution in [0.25, 0.3) is 0 Å². The summed E-state index contributed by atoms with van der Waals surface area (Å²) < 4.78 is 0. The molecule has 1 aliphatic rings. The van der Waals surface area contributed by atoms with Crippen LogP contribution in [0.15, 0.2) is 18.2 Å². The van der Waals surface area contributed by atoms with Gasteiger partial charge in [-0.05, 0) is 38.8 Å². The molecule has 3 heteroatoms. The second-order valence-electron chi connectivity index (χ2n) is 6.03. The predicted octanol–water partition coefficient (Wildman–Crippen LogP) is 3.03. The molecule has 98 valence electrons. The summed E-state index contributed by atoms with van der Waals surface area (Å²) >= 11 is 0. The summed E-state index contributed by atoms with van der Waals surface area (Å²) in [5.41, 5.74) is 3.11. The van der Waals surface area contributed by atoms with Crippen molar-refractivity contribution < 1.29 is 9.90 Å². The SMILES string of the molecule is Cc1ccc2c(c1)C(CC(C)(C)C(=O)O)CN2C. The summed E-state index contributed by atoms with van der Waals surface area (Å²) in [5, 5.41) is 9.26. The molecule has 0 fully saturated rings. The first-order valence-electron chi connectivity index (χ1n) is 6.36. The molecular formula is C15H21NO2. The Morgan fingerprint density at radius 1 is 1.50 bits per heavy atom. The third-order valence-corrected chi connectivity index (χ3v) is 3.86. The van der Waals surface area contributed by atoms with Gasteiger partial charge in [-0.15, -0.1) is 0 Å². The average Bonchev–Trinajstić information content (AvgIpc) is 2.54. The summed E-state index contributed by atoms with van der Waals surface area (Å²) in [4.78, 5) is 13.5. The van der Waals surface area contributed by atoms with Gasteiger partial charge in [0.15, 0.2) is 0 Å². The van der Waals surface area contributed by atoms with Gasteiger partial charge in [-0.25, -0.2) is 0 Å². The lowest BCUT2D eigenvalue weighted by atomic mass is 9.80. The second kappa shape index (κ2) is 4.30. The maximum Gasteiger partial charge on any atom is 0.309 e. The Morgan fingerprint density at radius 3 is 2.78 bits per heavy atom. The summed E-state index contributed by atoms with van der Waals surface area (Å²) in [5.74, 6) is -0.401. The van der Waals surface area contributed by atoms with Gasteiger partial charge in [0.05, 0.1) is 5.41 Å². The van der Waals surface area contributed by atoms with Gasteiger partial charge < -0.3 is 10.0 Å². The summed E-state index contributed by atoms with van der Waals surface area (Å²) in [6.45, 7) is 6.61. The molecule has 0 radical (unpaired) electrons. The Morgan fingerprint density at radius 2 is 2.17 bits per heavy atom. The Bertz CT molecular complexity index is 479. The van der Waals surface area contributed by atoms with E-state index in [9.17, 15) is 9.90 Å². The maximum absolute atomic E-state index is 11.3. The molecule has 0 saturated carbocycles. The molecule has 1 atom stereocenters. The Kier molecular flexibility index (Phi) is 3.09. The minimum Gasteiger partial charge on any atom is -0.481 e. The van der Waals surface area contributed by atoms with Gasteiger partial charge in [0, 0.05) is 25.2 Å². The van der Waals surface area contributed by atoms with Crippen molar-refractivity contribution in [3.8, 4) is 0 Å². The summed E-state index contributed by atoms with van der Waals surface area (Å²) in [6, 6.07) is 6.44. The molecule has 0 aromatic heterocycles. The molecule has 0 aliphatic carbocycles. The van der Waals surface area contributed by atoms with Crippen LogP contribution in [0, 0.1) is 12.3 Å². The maximum atomic E-state index is 11.3. The number of anilines is 1. The third kappa shape index (κ3) is 2.22. The van der Waals surface area contributed by atoms with E-state index in [2.05, 4.69) is 37.1 Å². The van der Waals surface area contributed by atoms with Gasteiger partial charge in [-0.2, -0.15) is 0 Å². The van der Waals surface area contributed by atoms with Crippen LogP contribution in [0.1, 0.15) is 37.3 Å². The predicted molar refractivity (Wildman–Crippen MR) is 73.2 cm³/mol. The molecule has 0 spiro atoms. The molecule has 0 bridgehead atoms. The fourth-order valence-corrected chi connectivity index (χ4v) is 2.75. The molecule has 1 heterocycles. The second-order valence-corrected chi connectivity index (χ2v) is 6.03. The Labute approximate surface area is 108 Å². The third-order valence-electron chi connectivity index (χ3n) is 3.86. The number of hydrogen-bond donors (Lipinski definition) is 1. The lowest BCUT2D eigenvalue weighted by molar-refractivity contribution is -0.147. The molecule has 0 saturated heterocycles. The lowest BCUT2D eigenvalue weighted by Gasteiger charge is -2.23. The topological polar surface area (TPSA) is 40.5 Å². The van der Waals surface area contributed by atoms with Crippen LogP contribution in [-0.2, 0) is 4.79 Å². The number of hydrogen-bond acceptors (Lipinski definition) is 2. The number of likely N-dealkylation sites (N-methyl/N-ethyl adjacent to an activating group) is 1. The van der Waals surface area contributed by atoms with Gasteiger partial charge in [0.1, 0.15) is 0 Å². The standard InChI is InChI=1S/C15H21NO2/c1-10-5-6-13-12(7-10)11(9-16(13)4)8-15(2,3)14(17)18/h5-7,11H,8-9H2,1-4H3,(H,17,18). The van der Waals surface area contributed by atoms with Gasteiger partial charge >= 0.3 is 5.97 Å². The quantitative estimate of drug-likeness (QED) is 0.892. The first-order chi connectivity index (χ1) is 8.31. The monoisotopic (exact) mass is 247 g/mol. The van der Waals surface area contributed by atoms with Crippen LogP contribution in [0.3, 0.4) is 0 Å². The van der Waals surface area contributed by atoms with Crippen molar-refractivity contribution in [3.63, 3.8) is 0 Å². The van der Waals surface area contributed by atoms with Crippen LogP contribution in [0.5, 0.6) is 0 Å². The van der Waals surface area contributed by atoms with E-state index in [0.29, 0.717) is 12.3 Å². The van der Waals surface area contributed by atoms with E-state index in [1.165, 1.54) is 16.8 Å². The zero-order valence-corrected chi connectivity index (χ0v) is 11.5. The smallest absolute Gasteiger partial charge is 0.309 e. The van der Waals surface area contributed by atoms with E-state index in [0.717, 1.165) is 6.54 Å². The Hall–Kier alpha value is -1.51. The van der Waals surface area contributed by atoms with Crippen LogP contribution >= 0.6 is 0 Å². The molecule has 2 rings (SSSR count). The number of benzene rings is 1. The number of carboxylic acids is 1. The minimum absolute atomic E-state index is 0.316. The van der Waals surface area contributed by atoms with E-state index in [4.69, 9.17) is 0 Å². The van der Waals surface area contributed by atoms with Crippen molar-refractivity contribution in [3.05, 3.63) is 29.3 Å². The number of nitrogens with zero attached hydrogens (tertiary/aromatic N) is 1. The van der Waals surface area contributed by atoms with Crippen molar-refractivity contribution in [1.29, 1.82) is 0 Å². The number of aliphatic carboxylic acids is 1. The van der Waals surface area contributed by atoms with E-state index in [1.807, 2.05) is 13.8 Å². The molecule has 1 aromatic rings. The number of rotatable bonds is 3. The number of carbonyl (C=O) groups is 1. The molecule has 0 amide bonds. The van der Waals surface area contributed by atoms with Gasteiger partial charge in [0.2, 0.25) is 0 Å². The number of carboxylic acid groups (broad SMARTS) is 1. The van der Waals surface area contributed by atoms with Crippen LogP contribution in [0.2, 0.25) is 0 Å². The molecule has 1 unspecified atom stereocenters. The van der Waals surface area contributed by atoms with Crippen LogP contribution in [-0.4, -0.2) is 24.7 Å². The highest BCUT2D eigenvalue weighted by Gasteiger charge is 2.35. The van der Waals surface area contributed by atoms with Crippen LogP contribution in [0.4, 0.5) is 5.69 Å². The normalized spacial score (nSPS) is 18.9. The summed E-state index contributed by atoms with van der Waals surface area (Å²) in [7, 11) is 2.07. The van der Waals surface area contributed by atoms with Crippen molar-refractivity contribution in [2.75, 3.05) is 18.5 Å². The van der Waals surface area contributed by atoms with E-state index in [1.54, 1.807) is 0 Å². The van der Waals surface area contributed by atoms with Gasteiger partial charge in [0.25, 0.3) is 0 Å². The highest BCUT2D eigenvalue weighted by molar-refractivity contribution is 5.74. The average molecular weight is 247 g/mol. The molecule has 1 aliphatic heterocycles.